The molecular formula is C23H33N5O3. The summed E-state index contributed by atoms with van der Waals surface area (Å²) in [5.41, 5.74) is 4.33. The Morgan fingerprint density at radius 3 is 2.48 bits per heavy atom. The number of hydrogen-bond donors (Lipinski definition) is 2. The molecule has 1 aromatic rings. The molecular weight excluding hydrogens is 394 g/mol. The second-order valence-corrected chi connectivity index (χ2v) is 9.11. The number of hydrogen-bond acceptors (Lipinski definition) is 5. The fourth-order valence-corrected chi connectivity index (χ4v) is 4.90. The van der Waals surface area contributed by atoms with E-state index in [2.05, 4.69) is 51.7 Å². The Balaban J connectivity index is 1.19. The van der Waals surface area contributed by atoms with Gasteiger partial charge in [0.05, 0.1) is 0 Å². The van der Waals surface area contributed by atoms with Gasteiger partial charge in [0.15, 0.2) is 0 Å². The Morgan fingerprint density at radius 2 is 1.77 bits per heavy atom. The number of urea groups is 1. The van der Waals surface area contributed by atoms with Crippen LogP contribution in [0.2, 0.25) is 0 Å². The van der Waals surface area contributed by atoms with E-state index in [1.54, 1.807) is 0 Å². The molecule has 8 heteroatoms. The quantitative estimate of drug-likeness (QED) is 0.676. The maximum atomic E-state index is 12.8. The zero-order valence-electron chi connectivity index (χ0n) is 18.4. The molecule has 4 amide bonds. The van der Waals surface area contributed by atoms with Crippen LogP contribution in [0.4, 0.5) is 4.79 Å². The summed E-state index contributed by atoms with van der Waals surface area (Å²) in [7, 11) is 0. The first-order valence-corrected chi connectivity index (χ1v) is 11.4. The Bertz CT molecular complexity index is 828. The third-order valence-corrected chi connectivity index (χ3v) is 6.71. The molecule has 0 atom stereocenters. The van der Waals surface area contributed by atoms with E-state index >= 15 is 0 Å². The van der Waals surface area contributed by atoms with Crippen molar-refractivity contribution in [3.63, 3.8) is 0 Å². The van der Waals surface area contributed by atoms with Gasteiger partial charge in [0.25, 0.3) is 5.91 Å². The average molecular weight is 428 g/mol. The molecule has 1 aliphatic carbocycles. The van der Waals surface area contributed by atoms with Gasteiger partial charge in [0.2, 0.25) is 5.91 Å². The van der Waals surface area contributed by atoms with Crippen LogP contribution in [-0.2, 0) is 16.1 Å². The van der Waals surface area contributed by atoms with Crippen molar-refractivity contribution in [1.82, 2.24) is 25.6 Å². The number of benzene rings is 1. The molecule has 0 bridgehead atoms. The molecule has 0 radical (unpaired) electrons. The number of piperazine rings is 1. The van der Waals surface area contributed by atoms with E-state index in [9.17, 15) is 14.4 Å². The lowest BCUT2D eigenvalue weighted by Crippen LogP contribution is -2.51. The first-order valence-electron chi connectivity index (χ1n) is 11.4. The predicted molar refractivity (Wildman–Crippen MR) is 117 cm³/mol. The van der Waals surface area contributed by atoms with Crippen LogP contribution in [0.5, 0.6) is 0 Å². The summed E-state index contributed by atoms with van der Waals surface area (Å²) in [5, 5.41) is 3.71. The minimum Gasteiger partial charge on any atom is -0.322 e. The molecule has 8 nitrogen and oxygen atoms in total. The van der Waals surface area contributed by atoms with Crippen LogP contribution < -0.4 is 10.7 Å². The molecule has 0 unspecified atom stereocenters. The number of carbonyl (C=O) groups is 3. The topological polar surface area (TPSA) is 85.0 Å². The molecule has 168 valence electrons. The highest BCUT2D eigenvalue weighted by Crippen LogP contribution is 2.33. The lowest BCUT2D eigenvalue weighted by molar-refractivity contribution is -0.140. The maximum absolute atomic E-state index is 12.8. The van der Waals surface area contributed by atoms with Gasteiger partial charge in [0, 0.05) is 45.7 Å². The lowest BCUT2D eigenvalue weighted by atomic mass is 9.82. The minimum atomic E-state index is -0.809. The summed E-state index contributed by atoms with van der Waals surface area (Å²) < 4.78 is 0. The summed E-state index contributed by atoms with van der Waals surface area (Å²) in [6.07, 6.45) is 4.48. The van der Waals surface area contributed by atoms with Crippen molar-refractivity contribution in [2.45, 2.75) is 57.5 Å². The second kappa shape index (κ2) is 9.36. The lowest BCUT2D eigenvalue weighted by Gasteiger charge is -2.34. The van der Waals surface area contributed by atoms with E-state index < -0.39 is 11.6 Å². The number of hydrazine groups is 1. The fraction of sp³-hybridized carbons (Fsp3) is 0.609. The number of rotatable bonds is 6. The van der Waals surface area contributed by atoms with Gasteiger partial charge in [-0.15, -0.1) is 0 Å². The molecule has 2 heterocycles. The Labute approximate surface area is 183 Å². The number of nitrogens with zero attached hydrogens (tertiary/aromatic N) is 3. The summed E-state index contributed by atoms with van der Waals surface area (Å²) >= 11 is 0. The summed E-state index contributed by atoms with van der Waals surface area (Å²) in [4.78, 5) is 42.1. The Morgan fingerprint density at radius 1 is 1.06 bits per heavy atom. The van der Waals surface area contributed by atoms with Crippen molar-refractivity contribution in [3.8, 4) is 0 Å². The first kappa shape index (κ1) is 21.8. The van der Waals surface area contributed by atoms with Crippen LogP contribution in [-0.4, -0.2) is 70.9 Å². The summed E-state index contributed by atoms with van der Waals surface area (Å²) in [5.74, 6) is -0.603. The van der Waals surface area contributed by atoms with E-state index in [1.807, 2.05) is 0 Å². The highest BCUT2D eigenvalue weighted by molar-refractivity contribution is 6.08. The number of carbonyl (C=O) groups excluding carboxylic acids is 3. The van der Waals surface area contributed by atoms with E-state index in [-0.39, 0.29) is 18.2 Å². The van der Waals surface area contributed by atoms with Crippen molar-refractivity contribution >= 4 is 17.8 Å². The SMILES string of the molecule is Cc1cccc(CN2CCN(CCC(=O)NN3C(=O)NC4(CCCCC4)C3=O)CC2)c1. The van der Waals surface area contributed by atoms with Crippen LogP contribution in [0.25, 0.3) is 0 Å². The van der Waals surface area contributed by atoms with Crippen molar-refractivity contribution in [2.24, 2.45) is 0 Å². The molecule has 0 aromatic heterocycles. The highest BCUT2D eigenvalue weighted by atomic mass is 16.2. The number of aryl methyl sites for hydroxylation is 1. The van der Waals surface area contributed by atoms with Crippen molar-refractivity contribution in [1.29, 1.82) is 0 Å². The number of imide groups is 1. The molecule has 2 N–H and O–H groups in total. The van der Waals surface area contributed by atoms with E-state index in [4.69, 9.17) is 0 Å². The zero-order chi connectivity index (χ0) is 21.8. The van der Waals surface area contributed by atoms with Crippen molar-refractivity contribution in [2.75, 3.05) is 32.7 Å². The summed E-state index contributed by atoms with van der Waals surface area (Å²) in [6, 6.07) is 8.09. The van der Waals surface area contributed by atoms with Crippen molar-refractivity contribution < 1.29 is 14.4 Å². The molecule has 2 saturated heterocycles. The van der Waals surface area contributed by atoms with Crippen molar-refractivity contribution in [3.05, 3.63) is 35.4 Å². The van der Waals surface area contributed by atoms with Crippen LogP contribution in [0.1, 0.15) is 49.7 Å². The highest BCUT2D eigenvalue weighted by Gasteiger charge is 2.52. The van der Waals surface area contributed by atoms with Gasteiger partial charge in [-0.3, -0.25) is 19.9 Å². The van der Waals surface area contributed by atoms with Crippen LogP contribution in [0.15, 0.2) is 24.3 Å². The van der Waals surface area contributed by atoms with Gasteiger partial charge in [-0.1, -0.05) is 49.1 Å². The van der Waals surface area contributed by atoms with Crippen LogP contribution >= 0.6 is 0 Å². The number of nitrogens with one attached hydrogen (secondary N) is 2. The summed E-state index contributed by atoms with van der Waals surface area (Å²) in [6.45, 7) is 7.43. The molecule has 2 aliphatic heterocycles. The first-order chi connectivity index (χ1) is 14.9. The maximum Gasteiger partial charge on any atom is 0.344 e. The molecule has 3 fully saturated rings. The van der Waals surface area contributed by atoms with Gasteiger partial charge >= 0.3 is 6.03 Å². The smallest absolute Gasteiger partial charge is 0.322 e. The number of amides is 4. The third kappa shape index (κ3) is 5.07. The molecule has 31 heavy (non-hydrogen) atoms. The van der Waals surface area contributed by atoms with Crippen LogP contribution in [0.3, 0.4) is 0 Å². The molecule has 1 aromatic carbocycles. The standard InChI is InChI=1S/C23H33N5O3/c1-18-6-5-7-19(16-18)17-27-14-12-26(13-15-27)11-8-20(29)25-28-21(30)23(24-22(28)31)9-3-2-4-10-23/h5-7,16H,2-4,8-15,17H2,1H3,(H,24,31)(H,25,29). The van der Waals surface area contributed by atoms with E-state index in [0.717, 1.165) is 57.0 Å². The van der Waals surface area contributed by atoms with Gasteiger partial charge in [-0.05, 0) is 25.3 Å². The molecule has 3 aliphatic rings. The largest absolute Gasteiger partial charge is 0.344 e. The van der Waals surface area contributed by atoms with E-state index in [1.165, 1.54) is 11.1 Å². The predicted octanol–water partition coefficient (Wildman–Crippen LogP) is 1.79. The fourth-order valence-electron chi connectivity index (χ4n) is 4.90. The Hall–Kier alpha value is -2.45. The normalized spacial score (nSPS) is 22.0. The monoisotopic (exact) mass is 427 g/mol. The molecule has 4 rings (SSSR count). The minimum absolute atomic E-state index is 0.266. The zero-order valence-corrected chi connectivity index (χ0v) is 18.4. The molecule has 1 saturated carbocycles. The van der Waals surface area contributed by atoms with E-state index in [0.29, 0.717) is 19.4 Å². The second-order valence-electron chi connectivity index (χ2n) is 9.11. The van der Waals surface area contributed by atoms with Crippen LogP contribution in [0, 0.1) is 6.92 Å². The van der Waals surface area contributed by atoms with Gasteiger partial charge in [-0.2, -0.15) is 5.01 Å². The molecule has 1 spiro atoms. The van der Waals surface area contributed by atoms with Gasteiger partial charge in [-0.25, -0.2) is 4.79 Å². The van der Waals surface area contributed by atoms with Gasteiger partial charge < -0.3 is 10.2 Å². The third-order valence-electron chi connectivity index (χ3n) is 6.71. The van der Waals surface area contributed by atoms with Gasteiger partial charge in [0.1, 0.15) is 5.54 Å². The Kier molecular flexibility index (Phi) is 6.57. The average Bonchev–Trinajstić information content (AvgIpc) is 2.97.